The fraction of sp³-hybridized carbons (Fsp3) is 0.278. The summed E-state index contributed by atoms with van der Waals surface area (Å²) < 4.78 is 71.5. The normalized spacial score (nSPS) is 12.5. The number of sulfonamides is 1. The van der Waals surface area contributed by atoms with Gasteiger partial charge in [0.05, 0.1) is 10.6 Å². The van der Waals surface area contributed by atoms with Crippen molar-refractivity contribution < 1.29 is 31.1 Å². The molecular weight excluding hydrogens is 397 g/mol. The molecule has 0 aliphatic rings. The van der Waals surface area contributed by atoms with Gasteiger partial charge >= 0.3 is 0 Å². The molecule has 28 heavy (non-hydrogen) atoms. The van der Waals surface area contributed by atoms with E-state index in [1.807, 2.05) is 6.92 Å². The third kappa shape index (κ3) is 5.46. The number of nitrogens with one attached hydrogen (secondary N) is 2. The minimum Gasteiger partial charge on any atom is -0.484 e. The van der Waals surface area contributed by atoms with Crippen LogP contribution in [-0.4, -0.2) is 27.0 Å². The number of carbonyl (C=O) groups is 1. The first kappa shape index (κ1) is 21.7. The lowest BCUT2D eigenvalue weighted by molar-refractivity contribution is -0.118. The smallest absolute Gasteiger partial charge is 0.262 e. The second-order valence-corrected chi connectivity index (χ2v) is 7.68. The molecule has 1 atom stereocenters. The lowest BCUT2D eigenvalue weighted by atomic mass is 10.3. The van der Waals surface area contributed by atoms with Crippen LogP contribution in [0.2, 0.25) is 0 Å². The van der Waals surface area contributed by atoms with Crippen molar-refractivity contribution in [2.75, 3.05) is 11.9 Å². The highest BCUT2D eigenvalue weighted by Gasteiger charge is 2.17. The molecule has 0 aliphatic carbocycles. The number of hydrogen-bond acceptors (Lipinski definition) is 4. The van der Waals surface area contributed by atoms with E-state index in [4.69, 9.17) is 4.74 Å². The predicted octanol–water partition coefficient (Wildman–Crippen LogP) is 3.20. The van der Waals surface area contributed by atoms with Crippen LogP contribution in [-0.2, 0) is 14.8 Å². The number of anilines is 1. The Hall–Kier alpha value is -2.59. The Morgan fingerprint density at radius 1 is 1.07 bits per heavy atom. The molecule has 2 N–H and O–H groups in total. The number of amides is 1. The summed E-state index contributed by atoms with van der Waals surface area (Å²) in [6.45, 7) is 3.04. The molecule has 0 spiro atoms. The van der Waals surface area contributed by atoms with E-state index in [9.17, 15) is 26.4 Å². The van der Waals surface area contributed by atoms with Gasteiger partial charge in [0.15, 0.2) is 24.1 Å². The van der Waals surface area contributed by atoms with Crippen LogP contribution >= 0.6 is 0 Å². The minimum absolute atomic E-state index is 0.0356. The van der Waals surface area contributed by atoms with Crippen LogP contribution in [0.4, 0.5) is 18.9 Å². The average Bonchev–Trinajstić information content (AvgIpc) is 2.66. The molecule has 1 unspecified atom stereocenters. The summed E-state index contributed by atoms with van der Waals surface area (Å²) in [5.41, 5.74) is -0.523. The van der Waals surface area contributed by atoms with Gasteiger partial charge in [0.1, 0.15) is 5.75 Å². The third-order valence-electron chi connectivity index (χ3n) is 3.78. The Balaban J connectivity index is 1.96. The van der Waals surface area contributed by atoms with E-state index in [1.54, 1.807) is 6.92 Å². The standard InChI is InChI=1S/C18H19F3N2O4S/c1-3-11(2)23-28(25,26)13-6-4-12(5-7-13)27-10-16(24)22-15-9-8-14(19)17(20)18(15)21/h4-9,11,23H,3,10H2,1-2H3,(H,22,24). The van der Waals surface area contributed by atoms with Crippen molar-refractivity contribution in [3.05, 3.63) is 53.8 Å². The first-order chi connectivity index (χ1) is 13.1. The van der Waals surface area contributed by atoms with E-state index >= 15 is 0 Å². The second-order valence-electron chi connectivity index (χ2n) is 5.96. The van der Waals surface area contributed by atoms with Crippen molar-refractivity contribution in [1.82, 2.24) is 4.72 Å². The van der Waals surface area contributed by atoms with Crippen molar-refractivity contribution in [2.45, 2.75) is 31.2 Å². The summed E-state index contributed by atoms with van der Waals surface area (Å²) in [4.78, 5) is 11.8. The van der Waals surface area contributed by atoms with E-state index in [0.29, 0.717) is 12.5 Å². The fourth-order valence-electron chi connectivity index (χ4n) is 2.09. The van der Waals surface area contributed by atoms with E-state index < -0.39 is 45.7 Å². The first-order valence-electron chi connectivity index (χ1n) is 8.32. The van der Waals surface area contributed by atoms with Gasteiger partial charge in [-0.05, 0) is 49.7 Å². The lowest BCUT2D eigenvalue weighted by Gasteiger charge is -2.12. The highest BCUT2D eigenvalue weighted by molar-refractivity contribution is 7.89. The fourth-order valence-corrected chi connectivity index (χ4v) is 3.42. The summed E-state index contributed by atoms with van der Waals surface area (Å²) in [7, 11) is -3.67. The van der Waals surface area contributed by atoms with Crippen LogP contribution in [0.3, 0.4) is 0 Å². The SMILES string of the molecule is CCC(C)NS(=O)(=O)c1ccc(OCC(=O)Nc2ccc(F)c(F)c2F)cc1. The molecule has 0 saturated heterocycles. The Bertz CT molecular complexity index is 950. The van der Waals surface area contributed by atoms with Crippen molar-refractivity contribution in [3.8, 4) is 5.75 Å². The largest absolute Gasteiger partial charge is 0.484 e. The molecule has 1 amide bonds. The van der Waals surface area contributed by atoms with Gasteiger partial charge in [-0.15, -0.1) is 0 Å². The summed E-state index contributed by atoms with van der Waals surface area (Å²) >= 11 is 0. The van der Waals surface area contributed by atoms with Gasteiger partial charge in [-0.3, -0.25) is 4.79 Å². The van der Waals surface area contributed by atoms with Crippen molar-refractivity contribution in [3.63, 3.8) is 0 Å². The van der Waals surface area contributed by atoms with E-state index in [1.165, 1.54) is 24.3 Å². The molecule has 0 aliphatic heterocycles. The molecule has 0 radical (unpaired) electrons. The molecule has 2 rings (SSSR count). The van der Waals surface area contributed by atoms with Crippen molar-refractivity contribution >= 4 is 21.6 Å². The van der Waals surface area contributed by atoms with Crippen LogP contribution in [0.1, 0.15) is 20.3 Å². The molecule has 152 valence electrons. The minimum atomic E-state index is -3.67. The van der Waals surface area contributed by atoms with Gasteiger partial charge in [0.2, 0.25) is 10.0 Å². The van der Waals surface area contributed by atoms with E-state index in [2.05, 4.69) is 10.0 Å². The zero-order chi connectivity index (χ0) is 20.9. The molecule has 0 bridgehead atoms. The Labute approximate surface area is 160 Å². The maximum atomic E-state index is 13.5. The van der Waals surface area contributed by atoms with Gasteiger partial charge in [-0.25, -0.2) is 26.3 Å². The highest BCUT2D eigenvalue weighted by atomic mass is 32.2. The topological polar surface area (TPSA) is 84.5 Å². The number of ether oxygens (including phenoxy) is 1. The third-order valence-corrected chi connectivity index (χ3v) is 5.39. The average molecular weight is 416 g/mol. The summed E-state index contributed by atoms with van der Waals surface area (Å²) in [6, 6.07) is 6.69. The van der Waals surface area contributed by atoms with E-state index in [-0.39, 0.29) is 16.7 Å². The Morgan fingerprint density at radius 2 is 1.71 bits per heavy atom. The number of halogens is 3. The molecule has 0 saturated carbocycles. The molecule has 10 heteroatoms. The van der Waals surface area contributed by atoms with Gasteiger partial charge in [0, 0.05) is 6.04 Å². The first-order valence-corrected chi connectivity index (χ1v) is 9.81. The molecular formula is C18H19F3N2O4S. The number of hydrogen-bond donors (Lipinski definition) is 2. The predicted molar refractivity (Wildman–Crippen MR) is 97.0 cm³/mol. The molecule has 2 aromatic carbocycles. The van der Waals surface area contributed by atoms with Gasteiger partial charge in [0.25, 0.3) is 5.91 Å². The number of benzene rings is 2. The molecule has 0 aromatic heterocycles. The summed E-state index contributed by atoms with van der Waals surface area (Å²) in [5, 5.41) is 2.06. The monoisotopic (exact) mass is 416 g/mol. The van der Waals surface area contributed by atoms with Crippen LogP contribution in [0, 0.1) is 17.5 Å². The number of rotatable bonds is 8. The molecule has 0 fully saturated rings. The highest BCUT2D eigenvalue weighted by Crippen LogP contribution is 2.20. The Morgan fingerprint density at radius 3 is 2.32 bits per heavy atom. The quantitative estimate of drug-likeness (QED) is 0.648. The van der Waals surface area contributed by atoms with Gasteiger partial charge in [-0.1, -0.05) is 6.92 Å². The second kappa shape index (κ2) is 9.07. The summed E-state index contributed by atoms with van der Waals surface area (Å²) in [6.07, 6.45) is 0.633. The van der Waals surface area contributed by atoms with Gasteiger partial charge < -0.3 is 10.1 Å². The van der Waals surface area contributed by atoms with E-state index in [0.717, 1.165) is 6.07 Å². The van der Waals surface area contributed by atoms with Crippen LogP contribution in [0.15, 0.2) is 41.3 Å². The molecule has 6 nitrogen and oxygen atoms in total. The zero-order valence-corrected chi connectivity index (χ0v) is 15.9. The summed E-state index contributed by atoms with van der Waals surface area (Å²) in [5.74, 6) is -5.19. The lowest BCUT2D eigenvalue weighted by Crippen LogP contribution is -2.31. The van der Waals surface area contributed by atoms with Crippen LogP contribution < -0.4 is 14.8 Å². The maximum Gasteiger partial charge on any atom is 0.262 e. The zero-order valence-electron chi connectivity index (χ0n) is 15.1. The maximum absolute atomic E-state index is 13.5. The molecule has 2 aromatic rings. The van der Waals surface area contributed by atoms with Crippen molar-refractivity contribution in [1.29, 1.82) is 0 Å². The molecule has 0 heterocycles. The van der Waals surface area contributed by atoms with Crippen LogP contribution in [0.25, 0.3) is 0 Å². The van der Waals surface area contributed by atoms with Crippen molar-refractivity contribution in [2.24, 2.45) is 0 Å². The number of carbonyl (C=O) groups excluding carboxylic acids is 1. The Kier molecular flexibility index (Phi) is 7.03. The van der Waals surface area contributed by atoms with Crippen LogP contribution in [0.5, 0.6) is 5.75 Å². The van der Waals surface area contributed by atoms with Gasteiger partial charge in [-0.2, -0.15) is 0 Å².